The summed E-state index contributed by atoms with van der Waals surface area (Å²) in [6.45, 7) is 0. The molecule has 0 saturated heterocycles. The molecular formula is C49H31N3. The minimum atomic E-state index is 0.659. The van der Waals surface area contributed by atoms with Crippen LogP contribution < -0.4 is 0 Å². The maximum atomic E-state index is 9.78. The van der Waals surface area contributed by atoms with Gasteiger partial charge in [0.25, 0.3) is 0 Å². The molecule has 0 aliphatic heterocycles. The summed E-state index contributed by atoms with van der Waals surface area (Å²) in [5, 5.41) is 14.4. The average Bonchev–Trinajstić information content (AvgIpc) is 3.73. The largest absolute Gasteiger partial charge is 0.309 e. The molecule has 0 unspecified atom stereocenters. The molecule has 0 atom stereocenters. The van der Waals surface area contributed by atoms with Crippen LogP contribution in [0.15, 0.2) is 188 Å². The van der Waals surface area contributed by atoms with Crippen molar-refractivity contribution >= 4 is 43.6 Å². The summed E-state index contributed by atoms with van der Waals surface area (Å²) >= 11 is 0. The fourth-order valence-corrected chi connectivity index (χ4v) is 7.87. The van der Waals surface area contributed by atoms with E-state index in [9.17, 15) is 5.26 Å². The second-order valence-electron chi connectivity index (χ2n) is 13.3. The van der Waals surface area contributed by atoms with Crippen LogP contribution in [0.3, 0.4) is 0 Å². The van der Waals surface area contributed by atoms with Gasteiger partial charge in [-0.1, -0.05) is 109 Å². The van der Waals surface area contributed by atoms with Crippen LogP contribution in [-0.4, -0.2) is 9.13 Å². The molecule has 0 aliphatic rings. The summed E-state index contributed by atoms with van der Waals surface area (Å²) < 4.78 is 4.68. The van der Waals surface area contributed by atoms with E-state index in [-0.39, 0.29) is 0 Å². The number of para-hydroxylation sites is 2. The number of aromatic nitrogens is 2. The Labute approximate surface area is 301 Å². The number of nitriles is 1. The van der Waals surface area contributed by atoms with Crippen molar-refractivity contribution in [2.75, 3.05) is 0 Å². The Kier molecular flexibility index (Phi) is 6.87. The van der Waals surface area contributed by atoms with Gasteiger partial charge in [0.05, 0.1) is 33.7 Å². The van der Waals surface area contributed by atoms with Crippen LogP contribution in [0.4, 0.5) is 0 Å². The molecule has 52 heavy (non-hydrogen) atoms. The highest BCUT2D eigenvalue weighted by Gasteiger charge is 2.17. The Balaban J connectivity index is 1.16. The zero-order valence-corrected chi connectivity index (χ0v) is 28.2. The van der Waals surface area contributed by atoms with Crippen molar-refractivity contribution in [1.29, 1.82) is 5.26 Å². The molecule has 2 heterocycles. The first kappa shape index (κ1) is 29.7. The third-order valence-corrected chi connectivity index (χ3v) is 10.3. The van der Waals surface area contributed by atoms with Gasteiger partial charge in [0.1, 0.15) is 0 Å². The Morgan fingerprint density at radius 1 is 0.308 bits per heavy atom. The van der Waals surface area contributed by atoms with Crippen LogP contribution in [-0.2, 0) is 0 Å². The van der Waals surface area contributed by atoms with Crippen molar-refractivity contribution in [2.45, 2.75) is 0 Å². The topological polar surface area (TPSA) is 33.6 Å². The van der Waals surface area contributed by atoms with Crippen LogP contribution in [0.1, 0.15) is 5.56 Å². The molecule has 0 aliphatic carbocycles. The second-order valence-corrected chi connectivity index (χ2v) is 13.3. The van der Waals surface area contributed by atoms with E-state index in [1.54, 1.807) is 0 Å². The van der Waals surface area contributed by atoms with Crippen molar-refractivity contribution < 1.29 is 0 Å². The third kappa shape index (κ3) is 4.81. The molecule has 8 aromatic carbocycles. The highest BCUT2D eigenvalue weighted by atomic mass is 15.0. The Hall–Kier alpha value is -7.15. The number of hydrogen-bond acceptors (Lipinski definition) is 1. The number of hydrogen-bond donors (Lipinski definition) is 0. The molecule has 242 valence electrons. The van der Waals surface area contributed by atoms with E-state index in [0.29, 0.717) is 5.56 Å². The van der Waals surface area contributed by atoms with Gasteiger partial charge in [0.15, 0.2) is 0 Å². The van der Waals surface area contributed by atoms with Gasteiger partial charge < -0.3 is 9.13 Å². The molecule has 3 nitrogen and oxygen atoms in total. The standard InChI is InChI=1S/C49H31N3/c50-32-33-19-24-46-43(27-33)45-30-38(22-26-48(45)51(46)40-15-6-2-7-16-40)37-21-25-47-44(29-37)42-23-20-39(31-49(42)52(47)41-17-8-3-9-18-41)36-14-10-13-35(28-36)34-11-4-1-5-12-34/h1-31H. The van der Waals surface area contributed by atoms with E-state index >= 15 is 0 Å². The quantitative estimate of drug-likeness (QED) is 0.181. The molecule has 2 aromatic heterocycles. The van der Waals surface area contributed by atoms with Crippen LogP contribution in [0.2, 0.25) is 0 Å². The smallest absolute Gasteiger partial charge is 0.0991 e. The summed E-state index contributed by atoms with van der Waals surface area (Å²) in [6, 6.07) is 69.2. The highest BCUT2D eigenvalue weighted by molar-refractivity contribution is 6.13. The number of rotatable bonds is 5. The highest BCUT2D eigenvalue weighted by Crippen LogP contribution is 2.40. The van der Waals surface area contributed by atoms with E-state index in [1.165, 1.54) is 44.1 Å². The van der Waals surface area contributed by atoms with Crippen molar-refractivity contribution in [3.63, 3.8) is 0 Å². The van der Waals surface area contributed by atoms with Crippen molar-refractivity contribution in [3.05, 3.63) is 194 Å². The summed E-state index contributed by atoms with van der Waals surface area (Å²) in [5.74, 6) is 0. The van der Waals surface area contributed by atoms with Gasteiger partial charge in [-0.05, 0) is 112 Å². The molecule has 0 radical (unpaired) electrons. The summed E-state index contributed by atoms with van der Waals surface area (Å²) in [7, 11) is 0. The number of benzene rings is 8. The Morgan fingerprint density at radius 2 is 0.750 bits per heavy atom. The molecule has 0 fully saturated rings. The molecule has 0 saturated carbocycles. The lowest BCUT2D eigenvalue weighted by molar-refractivity contribution is 1.18. The Bertz CT molecular complexity index is 3000. The fourth-order valence-electron chi connectivity index (χ4n) is 7.87. The van der Waals surface area contributed by atoms with Crippen LogP contribution in [0.25, 0.3) is 88.4 Å². The van der Waals surface area contributed by atoms with Gasteiger partial charge in [0, 0.05) is 32.9 Å². The lowest BCUT2D eigenvalue weighted by Gasteiger charge is -2.10. The minimum absolute atomic E-state index is 0.659. The summed E-state index contributed by atoms with van der Waals surface area (Å²) in [5.41, 5.74) is 14.5. The van der Waals surface area contributed by atoms with Crippen molar-refractivity contribution in [1.82, 2.24) is 9.13 Å². The van der Waals surface area contributed by atoms with Gasteiger partial charge in [0.2, 0.25) is 0 Å². The monoisotopic (exact) mass is 661 g/mol. The maximum Gasteiger partial charge on any atom is 0.0991 e. The van der Waals surface area contributed by atoms with Gasteiger partial charge >= 0.3 is 0 Å². The van der Waals surface area contributed by atoms with E-state index in [4.69, 9.17) is 0 Å². The SMILES string of the molecule is N#Cc1ccc2c(c1)c1cc(-c3ccc4c(c3)c3ccc(-c5cccc(-c6ccccc6)c5)cc3n4-c3ccccc3)ccc1n2-c1ccccc1. The van der Waals surface area contributed by atoms with E-state index in [0.717, 1.165) is 44.3 Å². The number of nitrogens with zero attached hydrogens (tertiary/aromatic N) is 3. The number of fused-ring (bicyclic) bond motifs is 6. The van der Waals surface area contributed by atoms with Gasteiger partial charge in [-0.25, -0.2) is 0 Å². The lowest BCUT2D eigenvalue weighted by atomic mass is 9.97. The third-order valence-electron chi connectivity index (χ3n) is 10.3. The molecule has 0 spiro atoms. The predicted molar refractivity (Wildman–Crippen MR) is 216 cm³/mol. The van der Waals surface area contributed by atoms with Gasteiger partial charge in [-0.15, -0.1) is 0 Å². The zero-order valence-electron chi connectivity index (χ0n) is 28.2. The van der Waals surface area contributed by atoms with Gasteiger partial charge in [-0.3, -0.25) is 0 Å². The van der Waals surface area contributed by atoms with E-state index in [1.807, 2.05) is 18.2 Å². The first-order chi connectivity index (χ1) is 25.7. The normalized spacial score (nSPS) is 11.4. The predicted octanol–water partition coefficient (Wildman–Crippen LogP) is 12.8. The average molecular weight is 662 g/mol. The molecule has 10 aromatic rings. The molecule has 0 bridgehead atoms. The molecule has 3 heteroatoms. The second kappa shape index (κ2) is 12.0. The maximum absolute atomic E-state index is 9.78. The first-order valence-corrected chi connectivity index (χ1v) is 17.6. The first-order valence-electron chi connectivity index (χ1n) is 17.6. The van der Waals surface area contributed by atoms with E-state index < -0.39 is 0 Å². The van der Waals surface area contributed by atoms with Crippen LogP contribution >= 0.6 is 0 Å². The van der Waals surface area contributed by atoms with Crippen LogP contribution in [0.5, 0.6) is 0 Å². The minimum Gasteiger partial charge on any atom is -0.309 e. The summed E-state index contributed by atoms with van der Waals surface area (Å²) in [4.78, 5) is 0. The van der Waals surface area contributed by atoms with E-state index in [2.05, 4.69) is 185 Å². The molecule has 0 amide bonds. The fraction of sp³-hybridized carbons (Fsp3) is 0. The summed E-state index contributed by atoms with van der Waals surface area (Å²) in [6.07, 6.45) is 0. The zero-order chi connectivity index (χ0) is 34.6. The van der Waals surface area contributed by atoms with Crippen molar-refractivity contribution in [2.24, 2.45) is 0 Å². The Morgan fingerprint density at radius 3 is 1.37 bits per heavy atom. The van der Waals surface area contributed by atoms with Gasteiger partial charge in [-0.2, -0.15) is 5.26 Å². The molecule has 0 N–H and O–H groups in total. The molecule has 10 rings (SSSR count). The van der Waals surface area contributed by atoms with Crippen LogP contribution in [0, 0.1) is 11.3 Å². The lowest BCUT2D eigenvalue weighted by Crippen LogP contribution is -1.93. The molecular weight excluding hydrogens is 631 g/mol. The van der Waals surface area contributed by atoms with Crippen molar-refractivity contribution in [3.8, 4) is 50.8 Å².